The van der Waals surface area contributed by atoms with Crippen molar-refractivity contribution < 1.29 is 23.5 Å². The monoisotopic (exact) mass is 435 g/mol. The number of hydrogen-bond acceptors (Lipinski definition) is 5. The number of allylic oxidation sites excluding steroid dienone is 3. The molecule has 2 aromatic carbocycles. The molecule has 0 saturated heterocycles. The molecule has 6 heteroatoms. The maximum Gasteiger partial charge on any atom is 0.336 e. The van der Waals surface area contributed by atoms with E-state index in [9.17, 15) is 14.0 Å². The van der Waals surface area contributed by atoms with Gasteiger partial charge in [0, 0.05) is 34.9 Å². The molecule has 1 aliphatic heterocycles. The summed E-state index contributed by atoms with van der Waals surface area (Å²) in [5.41, 5.74) is 3.26. The first kappa shape index (κ1) is 21.8. The summed E-state index contributed by atoms with van der Waals surface area (Å²) in [6.45, 7) is 3.67. The average molecular weight is 435 g/mol. The number of dihydropyridines is 1. The molecule has 5 nitrogen and oxygen atoms in total. The standard InChI is InChI=1S/C26H26FNO4/c1-4-32-26(30)23-15(2)28-20-13-16(17-9-6-8-12-22(17)31-3)14-21(29)25(20)24(23)18-10-5-7-11-19(18)27/h5-12,16,24,28H,4,13-14H2,1-3H3. The van der Waals surface area contributed by atoms with Crippen molar-refractivity contribution >= 4 is 11.8 Å². The molecule has 2 unspecified atom stereocenters. The third kappa shape index (κ3) is 3.81. The van der Waals surface area contributed by atoms with Gasteiger partial charge in [0.1, 0.15) is 11.6 Å². The van der Waals surface area contributed by atoms with Crippen LogP contribution in [0.25, 0.3) is 0 Å². The molecule has 166 valence electrons. The highest BCUT2D eigenvalue weighted by Gasteiger charge is 2.42. The fourth-order valence-electron chi connectivity index (χ4n) is 4.76. The third-order valence-electron chi connectivity index (χ3n) is 6.12. The van der Waals surface area contributed by atoms with Gasteiger partial charge in [-0.15, -0.1) is 0 Å². The molecule has 0 amide bonds. The molecule has 2 aliphatic rings. The van der Waals surface area contributed by atoms with Crippen LogP contribution in [0, 0.1) is 5.82 Å². The highest BCUT2D eigenvalue weighted by molar-refractivity contribution is 6.04. The number of carbonyl (C=O) groups excluding carboxylic acids is 2. The van der Waals surface area contributed by atoms with Gasteiger partial charge in [-0.3, -0.25) is 4.79 Å². The Bertz CT molecular complexity index is 1130. The number of nitrogens with one attached hydrogen (secondary N) is 1. The van der Waals surface area contributed by atoms with Crippen LogP contribution in [0.5, 0.6) is 5.75 Å². The van der Waals surface area contributed by atoms with Gasteiger partial charge in [-0.1, -0.05) is 36.4 Å². The summed E-state index contributed by atoms with van der Waals surface area (Å²) in [4.78, 5) is 26.4. The van der Waals surface area contributed by atoms with Crippen molar-refractivity contribution in [3.8, 4) is 5.75 Å². The molecule has 2 aromatic rings. The Morgan fingerprint density at radius 1 is 1.09 bits per heavy atom. The lowest BCUT2D eigenvalue weighted by Crippen LogP contribution is -2.36. The number of rotatable bonds is 5. The molecule has 32 heavy (non-hydrogen) atoms. The molecule has 0 radical (unpaired) electrons. The molecule has 1 N–H and O–H groups in total. The van der Waals surface area contributed by atoms with Crippen LogP contribution in [-0.2, 0) is 14.3 Å². The second-order valence-electron chi connectivity index (χ2n) is 8.00. The first-order chi connectivity index (χ1) is 15.5. The Morgan fingerprint density at radius 3 is 2.47 bits per heavy atom. The highest BCUT2D eigenvalue weighted by Crippen LogP contribution is 2.47. The van der Waals surface area contributed by atoms with Crippen molar-refractivity contribution in [3.05, 3.63) is 88.0 Å². The number of Topliss-reactive ketones (excluding diaryl/α,β-unsaturated/α-hetero) is 1. The molecule has 1 aliphatic carbocycles. The summed E-state index contributed by atoms with van der Waals surface area (Å²) >= 11 is 0. The quantitative estimate of drug-likeness (QED) is 0.686. The van der Waals surface area contributed by atoms with Crippen molar-refractivity contribution in [2.24, 2.45) is 0 Å². The predicted octanol–water partition coefficient (Wildman–Crippen LogP) is 4.76. The Morgan fingerprint density at radius 2 is 1.78 bits per heavy atom. The minimum Gasteiger partial charge on any atom is -0.496 e. The fourth-order valence-corrected chi connectivity index (χ4v) is 4.76. The van der Waals surface area contributed by atoms with E-state index in [2.05, 4.69) is 5.32 Å². The van der Waals surface area contributed by atoms with E-state index in [1.165, 1.54) is 6.07 Å². The fraction of sp³-hybridized carbons (Fsp3) is 0.308. The van der Waals surface area contributed by atoms with Crippen molar-refractivity contribution in [1.82, 2.24) is 5.32 Å². The number of carbonyl (C=O) groups is 2. The van der Waals surface area contributed by atoms with Gasteiger partial charge in [0.15, 0.2) is 5.78 Å². The topological polar surface area (TPSA) is 64.6 Å². The Kier molecular flexibility index (Phi) is 6.12. The van der Waals surface area contributed by atoms with Gasteiger partial charge in [0.05, 0.1) is 25.2 Å². The lowest BCUT2D eigenvalue weighted by molar-refractivity contribution is -0.138. The lowest BCUT2D eigenvalue weighted by atomic mass is 9.71. The van der Waals surface area contributed by atoms with Crippen LogP contribution in [-0.4, -0.2) is 25.5 Å². The Balaban J connectivity index is 1.82. The summed E-state index contributed by atoms with van der Waals surface area (Å²) in [5, 5.41) is 3.27. The summed E-state index contributed by atoms with van der Waals surface area (Å²) in [5.74, 6) is -1.27. The first-order valence-electron chi connectivity index (χ1n) is 10.7. The van der Waals surface area contributed by atoms with E-state index >= 15 is 0 Å². The van der Waals surface area contributed by atoms with Gasteiger partial charge in [0.2, 0.25) is 0 Å². The summed E-state index contributed by atoms with van der Waals surface area (Å²) in [6.07, 6.45) is 0.806. The van der Waals surface area contributed by atoms with Gasteiger partial charge in [0.25, 0.3) is 0 Å². The van der Waals surface area contributed by atoms with Crippen LogP contribution >= 0.6 is 0 Å². The molecule has 0 fully saturated rings. The van der Waals surface area contributed by atoms with Crippen LogP contribution in [0.15, 0.2) is 71.1 Å². The highest BCUT2D eigenvalue weighted by atomic mass is 19.1. The zero-order valence-corrected chi connectivity index (χ0v) is 18.4. The zero-order valence-electron chi connectivity index (χ0n) is 18.4. The largest absolute Gasteiger partial charge is 0.496 e. The van der Waals surface area contributed by atoms with Crippen LogP contribution in [0.2, 0.25) is 0 Å². The summed E-state index contributed by atoms with van der Waals surface area (Å²) in [6, 6.07) is 13.9. The van der Waals surface area contributed by atoms with Crippen LogP contribution < -0.4 is 10.1 Å². The normalized spacial score (nSPS) is 20.6. The number of hydrogen-bond donors (Lipinski definition) is 1. The summed E-state index contributed by atoms with van der Waals surface area (Å²) in [7, 11) is 1.61. The van der Waals surface area contributed by atoms with Gasteiger partial charge in [-0.05, 0) is 38.0 Å². The van der Waals surface area contributed by atoms with Crippen molar-refractivity contribution in [1.29, 1.82) is 0 Å². The van der Waals surface area contributed by atoms with Crippen LogP contribution in [0.4, 0.5) is 4.39 Å². The van der Waals surface area contributed by atoms with E-state index in [1.54, 1.807) is 39.2 Å². The van der Waals surface area contributed by atoms with E-state index in [-0.39, 0.29) is 30.3 Å². The maximum absolute atomic E-state index is 14.9. The van der Waals surface area contributed by atoms with E-state index in [1.807, 2.05) is 24.3 Å². The molecule has 0 spiro atoms. The molecule has 0 bridgehead atoms. The number of methoxy groups -OCH3 is 1. The Hall–Kier alpha value is -3.41. The molecule has 1 heterocycles. The minimum atomic E-state index is -0.808. The van der Waals surface area contributed by atoms with Gasteiger partial charge >= 0.3 is 5.97 Å². The number of benzene rings is 2. The number of esters is 1. The molecular formula is C26H26FNO4. The van der Waals surface area contributed by atoms with E-state index < -0.39 is 17.7 Å². The summed E-state index contributed by atoms with van der Waals surface area (Å²) < 4.78 is 25.7. The average Bonchev–Trinajstić information content (AvgIpc) is 2.78. The van der Waals surface area contributed by atoms with E-state index in [0.717, 1.165) is 17.0 Å². The smallest absolute Gasteiger partial charge is 0.336 e. The van der Waals surface area contributed by atoms with E-state index in [0.29, 0.717) is 23.3 Å². The van der Waals surface area contributed by atoms with E-state index in [4.69, 9.17) is 9.47 Å². The van der Waals surface area contributed by atoms with Gasteiger partial charge < -0.3 is 14.8 Å². The minimum absolute atomic E-state index is 0.0805. The molecular weight excluding hydrogens is 409 g/mol. The van der Waals surface area contributed by atoms with Gasteiger partial charge in [-0.25, -0.2) is 9.18 Å². The van der Waals surface area contributed by atoms with Crippen LogP contribution in [0.1, 0.15) is 49.7 Å². The number of halogens is 1. The molecule has 0 aromatic heterocycles. The zero-order chi connectivity index (χ0) is 22.8. The van der Waals surface area contributed by atoms with Crippen molar-refractivity contribution in [2.75, 3.05) is 13.7 Å². The molecule has 0 saturated carbocycles. The first-order valence-corrected chi connectivity index (χ1v) is 10.7. The third-order valence-corrected chi connectivity index (χ3v) is 6.12. The van der Waals surface area contributed by atoms with Crippen LogP contribution in [0.3, 0.4) is 0 Å². The molecule has 2 atom stereocenters. The van der Waals surface area contributed by atoms with Crippen molar-refractivity contribution in [2.45, 2.75) is 38.5 Å². The number of ketones is 1. The second-order valence-corrected chi connectivity index (χ2v) is 8.00. The maximum atomic E-state index is 14.9. The predicted molar refractivity (Wildman–Crippen MR) is 119 cm³/mol. The van der Waals surface area contributed by atoms with Crippen molar-refractivity contribution in [3.63, 3.8) is 0 Å². The number of para-hydroxylation sites is 1. The molecule has 4 rings (SSSR count). The van der Waals surface area contributed by atoms with Gasteiger partial charge in [-0.2, -0.15) is 0 Å². The number of ether oxygens (including phenoxy) is 2. The second kappa shape index (κ2) is 8.99. The lowest BCUT2D eigenvalue weighted by Gasteiger charge is -2.37. The Labute approximate surface area is 186 Å². The SMILES string of the molecule is CCOC(=O)C1=C(C)NC2=C(C(=O)CC(c3ccccc3OC)C2)C1c1ccccc1F.